The molecular weight excluding hydrogens is 356 g/mol. The van der Waals surface area contributed by atoms with E-state index in [9.17, 15) is 4.79 Å². The van der Waals surface area contributed by atoms with Gasteiger partial charge < -0.3 is 25.3 Å². The molecule has 0 spiro atoms. The number of hydrogen-bond acceptors (Lipinski definition) is 6. The van der Waals surface area contributed by atoms with E-state index in [1.807, 2.05) is 40.7 Å². The molecule has 1 aliphatic heterocycles. The Hall–Kier alpha value is -3.13. The fraction of sp³-hybridized carbons (Fsp3) is 0.350. The summed E-state index contributed by atoms with van der Waals surface area (Å²) in [6, 6.07) is 11.8. The highest BCUT2D eigenvalue weighted by atomic mass is 16.5. The lowest BCUT2D eigenvalue weighted by molar-refractivity contribution is -0.122. The van der Waals surface area contributed by atoms with Gasteiger partial charge in [-0.05, 0) is 30.5 Å². The van der Waals surface area contributed by atoms with Gasteiger partial charge in [0.05, 0.1) is 12.1 Å². The molecular formula is C20H24N6O2. The molecule has 8 nitrogen and oxygen atoms in total. The number of amides is 1. The minimum Gasteiger partial charge on any atom is -0.377 e. The minimum absolute atomic E-state index is 0.0412. The fourth-order valence-electron chi connectivity index (χ4n) is 3.83. The van der Waals surface area contributed by atoms with Crippen molar-refractivity contribution in [2.45, 2.75) is 25.6 Å². The van der Waals surface area contributed by atoms with Crippen LogP contribution >= 0.6 is 0 Å². The van der Waals surface area contributed by atoms with Crippen LogP contribution in [0.25, 0.3) is 10.9 Å². The van der Waals surface area contributed by atoms with E-state index in [0.29, 0.717) is 13.1 Å². The molecule has 0 bridgehead atoms. The van der Waals surface area contributed by atoms with Crippen molar-refractivity contribution in [3.8, 4) is 0 Å². The number of nitrogens with one attached hydrogen (secondary N) is 1. The summed E-state index contributed by atoms with van der Waals surface area (Å²) < 4.78 is 7.63. The van der Waals surface area contributed by atoms with Crippen molar-refractivity contribution in [2.75, 3.05) is 30.8 Å². The molecule has 1 saturated heterocycles. The second kappa shape index (κ2) is 7.47. The molecule has 1 amide bonds. The number of nitrogen functional groups attached to an aromatic ring is 1. The molecule has 0 radical (unpaired) electrons. The quantitative estimate of drug-likeness (QED) is 0.693. The molecule has 3 heterocycles. The lowest BCUT2D eigenvalue weighted by Gasteiger charge is -2.19. The molecule has 0 unspecified atom stereocenters. The molecule has 1 fully saturated rings. The van der Waals surface area contributed by atoms with E-state index in [1.165, 1.54) is 0 Å². The Morgan fingerprint density at radius 3 is 2.93 bits per heavy atom. The lowest BCUT2D eigenvalue weighted by Crippen LogP contribution is -2.44. The van der Waals surface area contributed by atoms with E-state index in [-0.39, 0.29) is 30.5 Å². The highest BCUT2D eigenvalue weighted by Gasteiger charge is 2.34. The number of rotatable bonds is 5. The van der Waals surface area contributed by atoms with Gasteiger partial charge in [-0.3, -0.25) is 4.79 Å². The Labute approximate surface area is 163 Å². The fourth-order valence-corrected chi connectivity index (χ4v) is 3.83. The molecule has 8 heteroatoms. The van der Waals surface area contributed by atoms with Gasteiger partial charge >= 0.3 is 0 Å². The Kier molecular flexibility index (Phi) is 4.87. The van der Waals surface area contributed by atoms with Crippen LogP contribution in [0.2, 0.25) is 0 Å². The van der Waals surface area contributed by atoms with Gasteiger partial charge in [-0.15, -0.1) is 0 Å². The standard InChI is InChI=1S/C20H24N6O2/c1-13-9-14-5-3-4-6-16(14)26(13)12-19(27)23-15-10-25(11-17(15)28-2)18-7-8-22-20(21)24-18/h3-9,15,17H,10-12H2,1-2H3,(H,23,27)(H2,21,22,24)/t15-,17+/m0/s1. The van der Waals surface area contributed by atoms with Gasteiger partial charge in [-0.1, -0.05) is 18.2 Å². The number of nitrogens with two attached hydrogens (primary N) is 1. The number of aryl methyl sites for hydroxylation is 1. The van der Waals surface area contributed by atoms with Gasteiger partial charge in [0.2, 0.25) is 11.9 Å². The first kappa shape index (κ1) is 18.2. The number of nitrogens with zero attached hydrogens (tertiary/aromatic N) is 4. The van der Waals surface area contributed by atoms with Crippen LogP contribution in [0.4, 0.5) is 11.8 Å². The third-order valence-electron chi connectivity index (χ3n) is 5.22. The van der Waals surface area contributed by atoms with Crippen LogP contribution in [0.3, 0.4) is 0 Å². The Bertz CT molecular complexity index is 1000. The summed E-state index contributed by atoms with van der Waals surface area (Å²) in [4.78, 5) is 23.0. The number of carbonyl (C=O) groups excluding carboxylic acids is 1. The predicted molar refractivity (Wildman–Crippen MR) is 108 cm³/mol. The maximum atomic E-state index is 12.8. The molecule has 0 aliphatic carbocycles. The second-order valence-electron chi connectivity index (χ2n) is 7.06. The minimum atomic E-state index is -0.129. The van der Waals surface area contributed by atoms with Crippen molar-refractivity contribution in [3.05, 3.63) is 48.3 Å². The van der Waals surface area contributed by atoms with Crippen molar-refractivity contribution in [3.63, 3.8) is 0 Å². The van der Waals surface area contributed by atoms with Gasteiger partial charge in [0.15, 0.2) is 0 Å². The van der Waals surface area contributed by atoms with Crippen LogP contribution in [0.5, 0.6) is 0 Å². The third kappa shape index (κ3) is 3.50. The van der Waals surface area contributed by atoms with Gasteiger partial charge in [0, 0.05) is 37.6 Å². The maximum absolute atomic E-state index is 12.8. The van der Waals surface area contributed by atoms with Gasteiger partial charge in [-0.2, -0.15) is 4.98 Å². The topological polar surface area (TPSA) is 98.3 Å². The number of aromatic nitrogens is 3. The maximum Gasteiger partial charge on any atom is 0.240 e. The molecule has 2 atom stereocenters. The van der Waals surface area contributed by atoms with Gasteiger partial charge in [0.1, 0.15) is 12.4 Å². The zero-order chi connectivity index (χ0) is 19.7. The lowest BCUT2D eigenvalue weighted by atomic mass is 10.2. The highest BCUT2D eigenvalue weighted by molar-refractivity contribution is 5.84. The summed E-state index contributed by atoms with van der Waals surface area (Å²) >= 11 is 0. The summed E-state index contributed by atoms with van der Waals surface area (Å²) in [7, 11) is 1.66. The van der Waals surface area contributed by atoms with Gasteiger partial charge in [0.25, 0.3) is 0 Å². The zero-order valence-electron chi connectivity index (χ0n) is 16.0. The normalized spacial score (nSPS) is 19.3. The predicted octanol–water partition coefficient (Wildman–Crippen LogP) is 1.34. The average Bonchev–Trinajstić information content (AvgIpc) is 3.23. The van der Waals surface area contributed by atoms with Crippen LogP contribution in [0.1, 0.15) is 5.69 Å². The first-order valence-electron chi connectivity index (χ1n) is 9.25. The van der Waals surface area contributed by atoms with Crippen molar-refractivity contribution in [2.24, 2.45) is 0 Å². The van der Waals surface area contributed by atoms with Crippen LogP contribution in [0.15, 0.2) is 42.6 Å². The Balaban J connectivity index is 1.46. The number of ether oxygens (including phenoxy) is 1. The summed E-state index contributed by atoms with van der Waals surface area (Å²) in [5, 5.41) is 4.26. The summed E-state index contributed by atoms with van der Waals surface area (Å²) in [5.74, 6) is 0.924. The summed E-state index contributed by atoms with van der Waals surface area (Å²) in [6.45, 7) is 3.52. The van der Waals surface area contributed by atoms with Crippen LogP contribution < -0.4 is 16.0 Å². The van der Waals surface area contributed by atoms with Crippen molar-refractivity contribution < 1.29 is 9.53 Å². The first-order valence-corrected chi connectivity index (χ1v) is 9.25. The van der Waals surface area contributed by atoms with Crippen molar-refractivity contribution in [1.82, 2.24) is 19.9 Å². The molecule has 4 rings (SSSR count). The number of benzene rings is 1. The molecule has 0 saturated carbocycles. The van der Waals surface area contributed by atoms with E-state index in [0.717, 1.165) is 22.4 Å². The van der Waals surface area contributed by atoms with Crippen molar-refractivity contribution >= 4 is 28.6 Å². The average molecular weight is 380 g/mol. The molecule has 2 aromatic heterocycles. The smallest absolute Gasteiger partial charge is 0.240 e. The highest BCUT2D eigenvalue weighted by Crippen LogP contribution is 2.21. The number of para-hydroxylation sites is 1. The number of carbonyl (C=O) groups is 1. The molecule has 1 aromatic carbocycles. The number of fused-ring (bicyclic) bond motifs is 1. The molecule has 1 aliphatic rings. The zero-order valence-corrected chi connectivity index (χ0v) is 16.0. The molecule has 28 heavy (non-hydrogen) atoms. The van der Waals surface area contributed by atoms with E-state index >= 15 is 0 Å². The van der Waals surface area contributed by atoms with Crippen LogP contribution in [-0.4, -0.2) is 52.8 Å². The summed E-state index contributed by atoms with van der Waals surface area (Å²) in [5.41, 5.74) is 7.81. The molecule has 146 valence electrons. The molecule has 3 aromatic rings. The largest absolute Gasteiger partial charge is 0.377 e. The first-order chi connectivity index (χ1) is 13.5. The van der Waals surface area contributed by atoms with Crippen LogP contribution in [-0.2, 0) is 16.1 Å². The SMILES string of the molecule is CO[C@@H]1CN(c2ccnc(N)n2)C[C@@H]1NC(=O)Cn1c(C)cc2ccccc21. The Morgan fingerprint density at radius 2 is 2.14 bits per heavy atom. The number of methoxy groups -OCH3 is 1. The third-order valence-corrected chi connectivity index (χ3v) is 5.22. The molecule has 3 N–H and O–H groups in total. The number of hydrogen-bond donors (Lipinski definition) is 2. The Morgan fingerprint density at radius 1 is 1.32 bits per heavy atom. The number of anilines is 2. The van der Waals surface area contributed by atoms with Crippen molar-refractivity contribution in [1.29, 1.82) is 0 Å². The van der Waals surface area contributed by atoms with E-state index in [2.05, 4.69) is 27.4 Å². The van der Waals surface area contributed by atoms with Crippen LogP contribution in [0, 0.1) is 6.92 Å². The van der Waals surface area contributed by atoms with E-state index in [4.69, 9.17) is 10.5 Å². The van der Waals surface area contributed by atoms with Gasteiger partial charge in [-0.25, -0.2) is 4.98 Å². The monoisotopic (exact) mass is 380 g/mol. The van der Waals surface area contributed by atoms with E-state index < -0.39 is 0 Å². The summed E-state index contributed by atoms with van der Waals surface area (Å²) in [6.07, 6.45) is 1.51. The second-order valence-corrected chi connectivity index (χ2v) is 7.06. The van der Waals surface area contributed by atoms with E-state index in [1.54, 1.807) is 13.3 Å².